The smallest absolute Gasteiger partial charge is 0.303 e. The molecule has 1 aromatic heterocycles. The molecule has 5 heteroatoms. The van der Waals surface area contributed by atoms with Gasteiger partial charge in [0.05, 0.1) is 6.26 Å². The maximum absolute atomic E-state index is 5.87. The van der Waals surface area contributed by atoms with Crippen LogP contribution in [0.25, 0.3) is 0 Å². The minimum atomic E-state index is 0.532. The monoisotopic (exact) mass is 234 g/mol. The summed E-state index contributed by atoms with van der Waals surface area (Å²) >= 11 is 9.07. The molecular formula is C6H4BrClN2O. The fourth-order valence-electron chi connectivity index (χ4n) is 0.891. The summed E-state index contributed by atoms with van der Waals surface area (Å²) in [5, 5.41) is 0.573. The maximum Gasteiger partial charge on any atom is 0.303 e. The van der Waals surface area contributed by atoms with E-state index in [1.165, 1.54) is 0 Å². The third kappa shape index (κ3) is 1.06. The quantitative estimate of drug-likeness (QED) is 0.689. The third-order valence-electron chi connectivity index (χ3n) is 1.39. The summed E-state index contributed by atoms with van der Waals surface area (Å²) in [4.78, 5) is 4.02. The van der Waals surface area contributed by atoms with Crippen LogP contribution in [0.15, 0.2) is 16.9 Å². The number of imidazole rings is 1. The maximum atomic E-state index is 5.87. The molecule has 2 rings (SSSR count). The largest absolute Gasteiger partial charge is 0.434 e. The Bertz CT molecular complexity index is 321. The number of aromatic nitrogens is 2. The molecule has 0 aromatic carbocycles. The van der Waals surface area contributed by atoms with E-state index in [2.05, 4.69) is 20.9 Å². The van der Waals surface area contributed by atoms with Gasteiger partial charge >= 0.3 is 6.01 Å². The molecule has 0 bridgehead atoms. The fraction of sp³-hybridized carbons (Fsp3) is 0.167. The summed E-state index contributed by atoms with van der Waals surface area (Å²) in [6, 6.07) is 0.532. The number of ether oxygens (including phenoxy) is 1. The average Bonchev–Trinajstić information content (AvgIpc) is 2.30. The van der Waals surface area contributed by atoms with E-state index < -0.39 is 0 Å². The lowest BCUT2D eigenvalue weighted by molar-refractivity contribution is 0.396. The Hall–Kier alpha value is -0.480. The van der Waals surface area contributed by atoms with Crippen LogP contribution in [0.1, 0.15) is 0 Å². The van der Waals surface area contributed by atoms with E-state index in [0.29, 0.717) is 22.3 Å². The molecule has 0 fully saturated rings. The van der Waals surface area contributed by atoms with Crippen LogP contribution in [0.2, 0.25) is 5.15 Å². The van der Waals surface area contributed by atoms with E-state index in [9.17, 15) is 0 Å². The molecule has 1 aliphatic heterocycles. The van der Waals surface area contributed by atoms with Gasteiger partial charge < -0.3 is 4.74 Å². The SMILES string of the molecule is Clc1c(Br)nc2n1CC=CO2. The van der Waals surface area contributed by atoms with Gasteiger partial charge in [0.25, 0.3) is 0 Å². The summed E-state index contributed by atoms with van der Waals surface area (Å²) in [5.74, 6) is 0. The lowest BCUT2D eigenvalue weighted by atomic mass is 10.6. The zero-order chi connectivity index (χ0) is 7.84. The van der Waals surface area contributed by atoms with E-state index in [-0.39, 0.29) is 0 Å². The highest BCUT2D eigenvalue weighted by atomic mass is 79.9. The molecule has 1 aliphatic rings. The van der Waals surface area contributed by atoms with Crippen LogP contribution in [0.4, 0.5) is 0 Å². The highest BCUT2D eigenvalue weighted by molar-refractivity contribution is 9.10. The molecule has 11 heavy (non-hydrogen) atoms. The van der Waals surface area contributed by atoms with E-state index >= 15 is 0 Å². The first kappa shape index (κ1) is 7.18. The summed E-state index contributed by atoms with van der Waals surface area (Å²) in [5.41, 5.74) is 0. The van der Waals surface area contributed by atoms with Crippen LogP contribution in [0.3, 0.4) is 0 Å². The van der Waals surface area contributed by atoms with Crippen LogP contribution < -0.4 is 4.74 Å². The molecule has 2 heterocycles. The van der Waals surface area contributed by atoms with Gasteiger partial charge in [-0.15, -0.1) is 0 Å². The van der Waals surface area contributed by atoms with Crippen LogP contribution in [0, 0.1) is 0 Å². The Labute approximate surface area is 76.8 Å². The standard InChI is InChI=1S/C6H4BrClN2O/c7-4-5(8)10-2-1-3-11-6(10)9-4/h1,3H,2H2. The molecule has 1 aromatic rings. The Balaban J connectivity index is 2.55. The van der Waals surface area contributed by atoms with Crippen molar-refractivity contribution < 1.29 is 4.74 Å². The van der Waals surface area contributed by atoms with Crippen molar-refractivity contribution in [2.45, 2.75) is 6.54 Å². The topological polar surface area (TPSA) is 27.1 Å². The number of hydrogen-bond donors (Lipinski definition) is 0. The van der Waals surface area contributed by atoms with Crippen molar-refractivity contribution in [2.75, 3.05) is 0 Å². The first-order chi connectivity index (χ1) is 5.29. The zero-order valence-corrected chi connectivity index (χ0v) is 7.76. The van der Waals surface area contributed by atoms with Crippen LogP contribution in [-0.2, 0) is 6.54 Å². The van der Waals surface area contributed by atoms with Gasteiger partial charge in [-0.3, -0.25) is 4.57 Å². The number of nitrogens with zero attached hydrogens (tertiary/aromatic N) is 2. The molecule has 3 nitrogen and oxygen atoms in total. The lowest BCUT2D eigenvalue weighted by Crippen LogP contribution is -2.03. The van der Waals surface area contributed by atoms with Crippen molar-refractivity contribution in [1.82, 2.24) is 9.55 Å². The average molecular weight is 235 g/mol. The van der Waals surface area contributed by atoms with Crippen LogP contribution >= 0.6 is 27.5 Å². The number of rotatable bonds is 0. The van der Waals surface area contributed by atoms with Crippen molar-refractivity contribution >= 4 is 27.5 Å². The molecule has 0 amide bonds. The highest BCUT2D eigenvalue weighted by Gasteiger charge is 2.15. The molecule has 58 valence electrons. The number of fused-ring (bicyclic) bond motifs is 1. The first-order valence-corrected chi connectivity index (χ1v) is 4.19. The first-order valence-electron chi connectivity index (χ1n) is 3.02. The van der Waals surface area contributed by atoms with Gasteiger partial charge in [0.1, 0.15) is 9.76 Å². The number of allylic oxidation sites excluding steroid dienone is 1. The molecule has 0 unspecified atom stereocenters. The van der Waals surface area contributed by atoms with Gasteiger partial charge in [0.15, 0.2) is 0 Å². The fourth-order valence-corrected chi connectivity index (χ4v) is 1.44. The Morgan fingerprint density at radius 1 is 1.73 bits per heavy atom. The highest BCUT2D eigenvalue weighted by Crippen LogP contribution is 2.28. The Morgan fingerprint density at radius 2 is 2.55 bits per heavy atom. The van der Waals surface area contributed by atoms with Crippen molar-refractivity contribution in [2.24, 2.45) is 0 Å². The molecule has 0 radical (unpaired) electrons. The third-order valence-corrected chi connectivity index (χ3v) is 2.55. The van der Waals surface area contributed by atoms with E-state index in [4.69, 9.17) is 16.3 Å². The molecule has 0 saturated heterocycles. The van der Waals surface area contributed by atoms with Crippen molar-refractivity contribution in [3.63, 3.8) is 0 Å². The second-order valence-electron chi connectivity index (χ2n) is 2.08. The van der Waals surface area contributed by atoms with Gasteiger partial charge in [-0.05, 0) is 22.0 Å². The molecular weight excluding hydrogens is 231 g/mol. The van der Waals surface area contributed by atoms with Gasteiger partial charge in [-0.1, -0.05) is 11.6 Å². The Morgan fingerprint density at radius 3 is 3.27 bits per heavy atom. The Kier molecular flexibility index (Phi) is 1.65. The molecule has 0 aliphatic carbocycles. The summed E-state index contributed by atoms with van der Waals surface area (Å²) in [6.07, 6.45) is 3.47. The predicted octanol–water partition coefficient (Wildman–Crippen LogP) is 2.21. The van der Waals surface area contributed by atoms with Crippen LogP contribution in [0.5, 0.6) is 6.01 Å². The molecule has 0 spiro atoms. The second-order valence-corrected chi connectivity index (χ2v) is 3.19. The molecule has 0 saturated carbocycles. The number of halogens is 2. The van der Waals surface area contributed by atoms with E-state index in [0.717, 1.165) is 0 Å². The van der Waals surface area contributed by atoms with Crippen LogP contribution in [-0.4, -0.2) is 9.55 Å². The van der Waals surface area contributed by atoms with E-state index in [1.807, 2.05) is 6.08 Å². The van der Waals surface area contributed by atoms with Crippen molar-refractivity contribution in [3.05, 3.63) is 22.1 Å². The lowest BCUT2D eigenvalue weighted by Gasteiger charge is -2.08. The predicted molar refractivity (Wildman–Crippen MR) is 44.7 cm³/mol. The van der Waals surface area contributed by atoms with Gasteiger partial charge in [0, 0.05) is 6.54 Å². The minimum absolute atomic E-state index is 0.532. The van der Waals surface area contributed by atoms with Gasteiger partial charge in [0.2, 0.25) is 0 Å². The summed E-state index contributed by atoms with van der Waals surface area (Å²) in [6.45, 7) is 0.715. The normalized spacial score (nSPS) is 14.4. The van der Waals surface area contributed by atoms with Crippen molar-refractivity contribution in [1.29, 1.82) is 0 Å². The molecule has 0 atom stereocenters. The summed E-state index contributed by atoms with van der Waals surface area (Å²) < 4.78 is 7.47. The summed E-state index contributed by atoms with van der Waals surface area (Å²) in [7, 11) is 0. The van der Waals surface area contributed by atoms with Gasteiger partial charge in [-0.2, -0.15) is 4.98 Å². The number of hydrogen-bond acceptors (Lipinski definition) is 2. The minimum Gasteiger partial charge on any atom is -0.434 e. The zero-order valence-electron chi connectivity index (χ0n) is 5.42. The van der Waals surface area contributed by atoms with Gasteiger partial charge in [-0.25, -0.2) is 0 Å². The second kappa shape index (κ2) is 2.53. The van der Waals surface area contributed by atoms with E-state index in [1.54, 1.807) is 10.8 Å². The van der Waals surface area contributed by atoms with Crippen molar-refractivity contribution in [3.8, 4) is 6.01 Å². The molecule has 0 N–H and O–H groups in total.